The Bertz CT molecular complexity index is 595. The SMILES string of the molecule is C#C[C@H](NC(=O)Nc1cc(C(N)=O)ccc1C)C(C)(C)C. The Hall–Kier alpha value is -2.48. The van der Waals surface area contributed by atoms with Crippen molar-refractivity contribution in [2.24, 2.45) is 11.1 Å². The number of carbonyl (C=O) groups is 2. The summed E-state index contributed by atoms with van der Waals surface area (Å²) in [6.45, 7) is 7.65. The minimum atomic E-state index is -0.547. The van der Waals surface area contributed by atoms with Gasteiger partial charge in [0.2, 0.25) is 5.91 Å². The van der Waals surface area contributed by atoms with Crippen molar-refractivity contribution >= 4 is 17.6 Å². The second-order valence-corrected chi connectivity index (χ2v) is 5.96. The lowest BCUT2D eigenvalue weighted by atomic mass is 9.87. The smallest absolute Gasteiger partial charge is 0.320 e. The van der Waals surface area contributed by atoms with Gasteiger partial charge < -0.3 is 16.4 Å². The van der Waals surface area contributed by atoms with E-state index in [1.165, 1.54) is 0 Å². The molecule has 5 heteroatoms. The minimum absolute atomic E-state index is 0.254. The number of terminal acetylenes is 1. The molecule has 0 aliphatic heterocycles. The summed E-state index contributed by atoms with van der Waals surface area (Å²) in [6, 6.07) is 4.05. The van der Waals surface area contributed by atoms with Crippen molar-refractivity contribution in [3.63, 3.8) is 0 Å². The molecule has 0 fully saturated rings. The maximum absolute atomic E-state index is 12.0. The Balaban J connectivity index is 2.87. The summed E-state index contributed by atoms with van der Waals surface area (Å²) in [6.07, 6.45) is 5.44. The van der Waals surface area contributed by atoms with Gasteiger partial charge in [-0.1, -0.05) is 32.8 Å². The van der Waals surface area contributed by atoms with E-state index >= 15 is 0 Å². The first-order valence-electron chi connectivity index (χ1n) is 6.59. The van der Waals surface area contributed by atoms with Gasteiger partial charge in [0.25, 0.3) is 0 Å². The topological polar surface area (TPSA) is 84.2 Å². The third kappa shape index (κ3) is 4.53. The van der Waals surface area contributed by atoms with Crippen LogP contribution in [0.3, 0.4) is 0 Å². The molecule has 0 spiro atoms. The molecule has 0 saturated heterocycles. The zero-order valence-corrected chi connectivity index (χ0v) is 12.8. The Morgan fingerprint density at radius 1 is 1.33 bits per heavy atom. The van der Waals surface area contributed by atoms with Gasteiger partial charge in [-0.15, -0.1) is 6.42 Å². The Morgan fingerprint density at radius 2 is 1.95 bits per heavy atom. The molecule has 0 aromatic heterocycles. The molecule has 0 heterocycles. The van der Waals surface area contributed by atoms with Gasteiger partial charge in [-0.05, 0) is 30.0 Å². The number of nitrogens with two attached hydrogens (primary N) is 1. The maximum Gasteiger partial charge on any atom is 0.320 e. The molecule has 0 bridgehead atoms. The Kier molecular flexibility index (Phi) is 4.98. The van der Waals surface area contributed by atoms with E-state index in [9.17, 15) is 9.59 Å². The summed E-state index contributed by atoms with van der Waals surface area (Å²) in [4.78, 5) is 23.2. The van der Waals surface area contributed by atoms with Crippen LogP contribution in [-0.2, 0) is 0 Å². The predicted molar refractivity (Wildman–Crippen MR) is 83.9 cm³/mol. The Labute approximate surface area is 125 Å². The van der Waals surface area contributed by atoms with Crippen molar-refractivity contribution in [3.05, 3.63) is 29.3 Å². The highest BCUT2D eigenvalue weighted by Gasteiger charge is 2.24. The summed E-state index contributed by atoms with van der Waals surface area (Å²) in [5.74, 6) is 2.01. The van der Waals surface area contributed by atoms with Crippen LogP contribution in [0.4, 0.5) is 10.5 Å². The lowest BCUT2D eigenvalue weighted by Crippen LogP contribution is -2.44. The Morgan fingerprint density at radius 3 is 2.43 bits per heavy atom. The highest BCUT2D eigenvalue weighted by Crippen LogP contribution is 2.20. The first-order valence-corrected chi connectivity index (χ1v) is 6.59. The molecule has 0 unspecified atom stereocenters. The number of aryl methyl sites for hydroxylation is 1. The highest BCUT2D eigenvalue weighted by atomic mass is 16.2. The van der Waals surface area contributed by atoms with Gasteiger partial charge in [0.15, 0.2) is 0 Å². The van der Waals surface area contributed by atoms with Crippen LogP contribution >= 0.6 is 0 Å². The first kappa shape index (κ1) is 16.6. The van der Waals surface area contributed by atoms with Crippen molar-refractivity contribution in [3.8, 4) is 12.3 Å². The number of nitrogens with one attached hydrogen (secondary N) is 2. The number of amides is 3. The fourth-order valence-corrected chi connectivity index (χ4v) is 1.71. The fourth-order valence-electron chi connectivity index (χ4n) is 1.71. The van der Waals surface area contributed by atoms with Gasteiger partial charge >= 0.3 is 6.03 Å². The van der Waals surface area contributed by atoms with Gasteiger partial charge in [-0.25, -0.2) is 4.79 Å². The molecule has 0 aliphatic rings. The highest BCUT2D eigenvalue weighted by molar-refractivity contribution is 5.96. The van der Waals surface area contributed by atoms with Crippen LogP contribution in [0.15, 0.2) is 18.2 Å². The number of hydrogen-bond acceptors (Lipinski definition) is 2. The van der Waals surface area contributed by atoms with Gasteiger partial charge in [-0.3, -0.25) is 4.79 Å². The summed E-state index contributed by atoms with van der Waals surface area (Å²) in [5, 5.41) is 5.42. The van der Waals surface area contributed by atoms with Crippen molar-refractivity contribution in [1.29, 1.82) is 0 Å². The molecule has 0 aliphatic carbocycles. The zero-order chi connectivity index (χ0) is 16.2. The number of benzene rings is 1. The predicted octanol–water partition coefficient (Wildman–Crippen LogP) is 2.26. The number of anilines is 1. The van der Waals surface area contributed by atoms with E-state index < -0.39 is 18.0 Å². The monoisotopic (exact) mass is 287 g/mol. The van der Waals surface area contributed by atoms with Crippen molar-refractivity contribution in [2.45, 2.75) is 33.7 Å². The lowest BCUT2D eigenvalue weighted by molar-refractivity contribution is 0.100. The lowest BCUT2D eigenvalue weighted by Gasteiger charge is -2.27. The van der Waals surface area contributed by atoms with Gasteiger partial charge in [0.05, 0.1) is 6.04 Å². The van der Waals surface area contributed by atoms with Crippen molar-refractivity contribution in [1.82, 2.24) is 5.32 Å². The largest absolute Gasteiger partial charge is 0.366 e. The minimum Gasteiger partial charge on any atom is -0.366 e. The van der Waals surface area contributed by atoms with E-state index in [0.29, 0.717) is 11.3 Å². The van der Waals surface area contributed by atoms with E-state index in [-0.39, 0.29) is 5.41 Å². The van der Waals surface area contributed by atoms with Gasteiger partial charge in [0, 0.05) is 11.3 Å². The van der Waals surface area contributed by atoms with Crippen molar-refractivity contribution < 1.29 is 9.59 Å². The molecule has 1 aromatic carbocycles. The van der Waals surface area contributed by atoms with E-state index in [1.54, 1.807) is 18.2 Å². The van der Waals surface area contributed by atoms with Crippen LogP contribution in [0.2, 0.25) is 0 Å². The molecule has 5 nitrogen and oxygen atoms in total. The molecular weight excluding hydrogens is 266 g/mol. The normalized spacial score (nSPS) is 12.1. The van der Waals surface area contributed by atoms with Gasteiger partial charge in [0.1, 0.15) is 0 Å². The molecule has 112 valence electrons. The third-order valence-corrected chi connectivity index (χ3v) is 3.08. The second-order valence-electron chi connectivity index (χ2n) is 5.96. The van der Waals surface area contributed by atoms with Crippen LogP contribution in [0.25, 0.3) is 0 Å². The van der Waals surface area contributed by atoms with E-state index in [0.717, 1.165) is 5.56 Å². The molecular formula is C16H21N3O2. The number of rotatable bonds is 3. The van der Waals surface area contributed by atoms with E-state index in [4.69, 9.17) is 12.2 Å². The first-order chi connectivity index (χ1) is 9.65. The molecule has 0 saturated carbocycles. The molecule has 1 rings (SSSR count). The standard InChI is InChI=1S/C16H21N3O2/c1-6-13(16(3,4)5)19-15(21)18-12-9-11(14(17)20)8-7-10(12)2/h1,7-9,13H,2-5H3,(H2,17,20)(H2,18,19,21)/t13-/m0/s1. The molecule has 1 aromatic rings. The van der Waals surface area contributed by atoms with Crippen LogP contribution < -0.4 is 16.4 Å². The van der Waals surface area contributed by atoms with E-state index in [2.05, 4.69) is 16.6 Å². The van der Waals surface area contributed by atoms with Crippen LogP contribution in [0.1, 0.15) is 36.7 Å². The van der Waals surface area contributed by atoms with Crippen molar-refractivity contribution in [2.75, 3.05) is 5.32 Å². The number of hydrogen-bond donors (Lipinski definition) is 3. The van der Waals surface area contributed by atoms with Crippen LogP contribution in [0, 0.1) is 24.7 Å². The summed E-state index contributed by atoms with van der Waals surface area (Å²) in [7, 11) is 0. The van der Waals surface area contributed by atoms with E-state index in [1.807, 2.05) is 27.7 Å². The summed E-state index contributed by atoms with van der Waals surface area (Å²) >= 11 is 0. The number of urea groups is 1. The number of carbonyl (C=O) groups excluding carboxylic acids is 2. The van der Waals surface area contributed by atoms with Crippen LogP contribution in [-0.4, -0.2) is 18.0 Å². The third-order valence-electron chi connectivity index (χ3n) is 3.08. The average Bonchev–Trinajstić information content (AvgIpc) is 2.36. The molecule has 1 atom stereocenters. The second kappa shape index (κ2) is 6.31. The molecule has 4 N–H and O–H groups in total. The quantitative estimate of drug-likeness (QED) is 0.745. The molecule has 3 amide bonds. The summed E-state index contributed by atoms with van der Waals surface area (Å²) in [5.41, 5.74) is 6.65. The fraction of sp³-hybridized carbons (Fsp3) is 0.375. The van der Waals surface area contributed by atoms with Crippen LogP contribution in [0.5, 0.6) is 0 Å². The molecule has 0 radical (unpaired) electrons. The van der Waals surface area contributed by atoms with Gasteiger partial charge in [-0.2, -0.15) is 0 Å². The summed E-state index contributed by atoms with van der Waals surface area (Å²) < 4.78 is 0. The average molecular weight is 287 g/mol. The zero-order valence-electron chi connectivity index (χ0n) is 12.8. The maximum atomic E-state index is 12.0. The number of primary amides is 1. The molecule has 21 heavy (non-hydrogen) atoms.